The fourth-order valence-corrected chi connectivity index (χ4v) is 1.02. The largest absolute Gasteiger partial charge is 2.00 e. The van der Waals surface area contributed by atoms with Crippen molar-refractivity contribution in [3.8, 4) is 0 Å². The molecule has 4 nitrogen and oxygen atoms in total. The Morgan fingerprint density at radius 3 is 1.45 bits per heavy atom. The van der Waals surface area contributed by atoms with Crippen molar-refractivity contribution in [2.24, 2.45) is 5.41 Å². The van der Waals surface area contributed by atoms with Crippen LogP contribution in [-0.4, -0.2) is 11.9 Å². The molecule has 1 rings (SSSR count). The van der Waals surface area contributed by atoms with Crippen LogP contribution in [0.25, 0.3) is 0 Å². The van der Waals surface area contributed by atoms with E-state index in [2.05, 4.69) is 0 Å². The van der Waals surface area contributed by atoms with E-state index in [0.29, 0.717) is 6.42 Å². The standard InChI is InChI=1S/C6H8O4.Fe/c7-4(8)6(5(9)10)2-1-3-6;/h1-3H2,(H,7,8)(H,9,10);/q;+2/p-2. The Bertz CT molecular complexity index is 169. The molecule has 0 spiro atoms. The van der Waals surface area contributed by atoms with E-state index in [4.69, 9.17) is 0 Å². The normalized spacial score (nSPS) is 19.3. The van der Waals surface area contributed by atoms with E-state index in [0.717, 1.165) is 0 Å². The Balaban J connectivity index is 0.000001000. The van der Waals surface area contributed by atoms with Gasteiger partial charge in [0.15, 0.2) is 0 Å². The summed E-state index contributed by atoms with van der Waals surface area (Å²) in [6, 6.07) is 0. The number of hydrogen-bond donors (Lipinski definition) is 0. The number of rotatable bonds is 2. The molecule has 0 bridgehead atoms. The van der Waals surface area contributed by atoms with Gasteiger partial charge in [-0.15, -0.1) is 0 Å². The quantitative estimate of drug-likeness (QED) is 0.367. The number of aliphatic carboxylic acids is 2. The Kier molecular flexibility index (Phi) is 3.08. The van der Waals surface area contributed by atoms with E-state index >= 15 is 0 Å². The van der Waals surface area contributed by atoms with Crippen molar-refractivity contribution in [1.29, 1.82) is 0 Å². The molecule has 1 aliphatic rings. The van der Waals surface area contributed by atoms with Crippen molar-refractivity contribution < 1.29 is 36.9 Å². The molecule has 62 valence electrons. The third-order valence-corrected chi connectivity index (χ3v) is 1.99. The molecule has 0 amide bonds. The zero-order valence-electron chi connectivity index (χ0n) is 5.61. The molecule has 0 aromatic heterocycles. The van der Waals surface area contributed by atoms with Crippen LogP contribution in [0.2, 0.25) is 0 Å². The van der Waals surface area contributed by atoms with Crippen molar-refractivity contribution in [2.75, 3.05) is 0 Å². The smallest absolute Gasteiger partial charge is 0.549 e. The first kappa shape index (κ1) is 10.5. The second-order valence-corrected chi connectivity index (χ2v) is 2.51. The van der Waals surface area contributed by atoms with Gasteiger partial charge in [-0.3, -0.25) is 0 Å². The number of carbonyl (C=O) groups is 2. The number of carboxylic acid groups (broad SMARTS) is 2. The van der Waals surface area contributed by atoms with Gasteiger partial charge in [0.05, 0.1) is 11.9 Å². The van der Waals surface area contributed by atoms with E-state index < -0.39 is 17.4 Å². The van der Waals surface area contributed by atoms with Gasteiger partial charge in [-0.1, -0.05) is 6.42 Å². The molecule has 1 saturated carbocycles. The molecule has 5 heteroatoms. The molecule has 0 unspecified atom stereocenters. The van der Waals surface area contributed by atoms with Crippen LogP contribution in [-0.2, 0) is 26.7 Å². The van der Waals surface area contributed by atoms with E-state index in [1.54, 1.807) is 0 Å². The summed E-state index contributed by atoms with van der Waals surface area (Å²) in [5.41, 5.74) is -1.67. The predicted molar refractivity (Wildman–Crippen MR) is 26.3 cm³/mol. The second kappa shape index (κ2) is 3.24. The summed E-state index contributed by atoms with van der Waals surface area (Å²) in [6.45, 7) is 0. The molecule has 1 aliphatic carbocycles. The molecule has 0 aromatic rings. The molecule has 0 aromatic carbocycles. The third-order valence-electron chi connectivity index (χ3n) is 1.99. The van der Waals surface area contributed by atoms with Gasteiger partial charge >= 0.3 is 17.1 Å². The molecule has 0 heterocycles. The summed E-state index contributed by atoms with van der Waals surface area (Å²) in [5.74, 6) is -3.03. The maximum absolute atomic E-state index is 10.2. The van der Waals surface area contributed by atoms with Crippen LogP contribution in [0.1, 0.15) is 19.3 Å². The van der Waals surface area contributed by atoms with Crippen molar-refractivity contribution in [2.45, 2.75) is 19.3 Å². The monoisotopic (exact) mass is 198 g/mol. The molecule has 0 saturated heterocycles. The van der Waals surface area contributed by atoms with Crippen LogP contribution in [0.4, 0.5) is 0 Å². The van der Waals surface area contributed by atoms with Gasteiger partial charge in [0.1, 0.15) is 0 Å². The molecule has 0 atom stereocenters. The van der Waals surface area contributed by atoms with E-state index in [1.165, 1.54) is 0 Å². The maximum atomic E-state index is 10.2. The number of carbonyl (C=O) groups excluding carboxylic acids is 2. The van der Waals surface area contributed by atoms with Gasteiger partial charge in [0.2, 0.25) is 0 Å². The zero-order chi connectivity index (χ0) is 7.78. The summed E-state index contributed by atoms with van der Waals surface area (Å²) in [7, 11) is 0. The summed E-state index contributed by atoms with van der Waals surface area (Å²) in [5, 5.41) is 20.4. The van der Waals surface area contributed by atoms with Gasteiger partial charge in [0, 0.05) is 5.41 Å². The predicted octanol–water partition coefficient (Wildman–Crippen LogP) is -2.35. The van der Waals surface area contributed by atoms with E-state index in [1.807, 2.05) is 0 Å². The minimum Gasteiger partial charge on any atom is -0.549 e. The fraction of sp³-hybridized carbons (Fsp3) is 0.667. The first-order valence-corrected chi connectivity index (χ1v) is 3.02. The van der Waals surface area contributed by atoms with Crippen molar-refractivity contribution >= 4 is 11.9 Å². The van der Waals surface area contributed by atoms with Crippen molar-refractivity contribution in [3.63, 3.8) is 0 Å². The summed E-state index contributed by atoms with van der Waals surface area (Å²) >= 11 is 0. The molecule has 0 radical (unpaired) electrons. The Morgan fingerprint density at radius 1 is 1.09 bits per heavy atom. The zero-order valence-corrected chi connectivity index (χ0v) is 6.71. The third kappa shape index (κ3) is 1.39. The van der Waals surface area contributed by atoms with Crippen molar-refractivity contribution in [1.82, 2.24) is 0 Å². The summed E-state index contributed by atoms with van der Waals surface area (Å²) < 4.78 is 0. The maximum Gasteiger partial charge on any atom is 2.00 e. The van der Waals surface area contributed by atoms with Crippen LogP contribution < -0.4 is 10.2 Å². The van der Waals surface area contributed by atoms with E-state index in [9.17, 15) is 19.8 Å². The Morgan fingerprint density at radius 2 is 1.45 bits per heavy atom. The van der Waals surface area contributed by atoms with Gasteiger partial charge in [-0.25, -0.2) is 0 Å². The number of hydrogen-bond acceptors (Lipinski definition) is 4. The molecule has 0 N–H and O–H groups in total. The first-order chi connectivity index (χ1) is 4.59. The second-order valence-electron chi connectivity index (χ2n) is 2.51. The molecular formula is C6H6FeO4. The average Bonchev–Trinajstić information content (AvgIpc) is 1.57. The minimum absolute atomic E-state index is 0. The molecule has 0 aliphatic heterocycles. The summed E-state index contributed by atoms with van der Waals surface area (Å²) in [6.07, 6.45) is 0.928. The van der Waals surface area contributed by atoms with Gasteiger partial charge < -0.3 is 19.8 Å². The fourth-order valence-electron chi connectivity index (χ4n) is 1.02. The van der Waals surface area contributed by atoms with Crippen LogP contribution >= 0.6 is 0 Å². The van der Waals surface area contributed by atoms with Gasteiger partial charge in [-0.05, 0) is 12.8 Å². The molecular weight excluding hydrogens is 192 g/mol. The Hall–Kier alpha value is -0.541. The van der Waals surface area contributed by atoms with Crippen LogP contribution in [0.5, 0.6) is 0 Å². The Labute approximate surface area is 74.1 Å². The van der Waals surface area contributed by atoms with E-state index in [-0.39, 0.29) is 29.9 Å². The minimum atomic E-state index is -1.67. The summed E-state index contributed by atoms with van der Waals surface area (Å²) in [4.78, 5) is 20.4. The topological polar surface area (TPSA) is 80.3 Å². The van der Waals surface area contributed by atoms with Crippen LogP contribution in [0.3, 0.4) is 0 Å². The van der Waals surface area contributed by atoms with Gasteiger partial charge in [0.25, 0.3) is 0 Å². The number of carboxylic acids is 2. The van der Waals surface area contributed by atoms with Crippen molar-refractivity contribution in [3.05, 3.63) is 0 Å². The van der Waals surface area contributed by atoms with Crippen LogP contribution in [0, 0.1) is 5.41 Å². The molecule has 11 heavy (non-hydrogen) atoms. The van der Waals surface area contributed by atoms with Gasteiger partial charge in [-0.2, -0.15) is 0 Å². The first-order valence-electron chi connectivity index (χ1n) is 3.02. The molecule has 1 fully saturated rings. The van der Waals surface area contributed by atoms with Crippen LogP contribution in [0.15, 0.2) is 0 Å². The average molecular weight is 198 g/mol. The SMILES string of the molecule is O=C([O-])C1(C(=O)[O-])CCC1.[Fe+2].